The molecule has 0 N–H and O–H groups in total. The van der Waals surface area contributed by atoms with Crippen LogP contribution in [0.3, 0.4) is 0 Å². The van der Waals surface area contributed by atoms with Gasteiger partial charge < -0.3 is 33.6 Å². The molecule has 0 spiro atoms. The van der Waals surface area contributed by atoms with Crippen LogP contribution >= 0.6 is 11.6 Å². The van der Waals surface area contributed by atoms with Gasteiger partial charge in [0.25, 0.3) is 5.91 Å². The van der Waals surface area contributed by atoms with E-state index in [4.69, 9.17) is 30.5 Å². The van der Waals surface area contributed by atoms with Crippen molar-refractivity contribution in [3.63, 3.8) is 0 Å². The highest BCUT2D eigenvalue weighted by molar-refractivity contribution is 6.35. The second-order valence-electron chi connectivity index (χ2n) is 13.8. The molecule has 2 aliphatic heterocycles. The summed E-state index contributed by atoms with van der Waals surface area (Å²) in [6, 6.07) is 15.7. The molecule has 54 heavy (non-hydrogen) atoms. The van der Waals surface area contributed by atoms with Gasteiger partial charge in [0, 0.05) is 32.7 Å². The first-order chi connectivity index (χ1) is 25.6. The van der Waals surface area contributed by atoms with E-state index >= 15 is 4.39 Å². The quantitative estimate of drug-likeness (QED) is 0.132. The first-order valence-electron chi connectivity index (χ1n) is 17.0. The Morgan fingerprint density at radius 1 is 0.907 bits per heavy atom. The lowest BCUT2D eigenvalue weighted by Crippen LogP contribution is -2.58. The molecule has 0 unspecified atom stereocenters. The van der Waals surface area contributed by atoms with Crippen molar-refractivity contribution in [1.82, 2.24) is 19.8 Å². The van der Waals surface area contributed by atoms with E-state index in [0.717, 1.165) is 17.2 Å². The van der Waals surface area contributed by atoms with Crippen LogP contribution < -0.4 is 19.1 Å². The number of ether oxygens (including phenoxy) is 4. The number of methoxy groups -OCH3 is 2. The normalized spacial score (nSPS) is 15.8. The molecule has 2 aromatic heterocycles. The second kappa shape index (κ2) is 15.2. The van der Waals surface area contributed by atoms with Crippen LogP contribution in [0.4, 0.5) is 28.2 Å². The zero-order chi connectivity index (χ0) is 38.9. The van der Waals surface area contributed by atoms with E-state index in [-0.39, 0.29) is 45.1 Å². The van der Waals surface area contributed by atoms with E-state index in [1.807, 2.05) is 24.3 Å². The molecule has 0 bridgehead atoms. The van der Waals surface area contributed by atoms with Crippen LogP contribution in [-0.2, 0) is 24.0 Å². The van der Waals surface area contributed by atoms with Gasteiger partial charge in [0.2, 0.25) is 5.95 Å². The SMILES string of the molecule is COc1ccc(CN(Cc2ccc(OC)cc2)c2ccc(C(F)(F)F)c(-c3nc(F)c4c(c3Cl)OC[C@H]3CN(C(=O)OC(C)(C)C)CCN3C4=O)n2)cc1. The third-order valence-electron chi connectivity index (χ3n) is 8.88. The number of amides is 2. The predicted octanol–water partition coefficient (Wildman–Crippen LogP) is 7.63. The van der Waals surface area contributed by atoms with Crippen molar-refractivity contribution in [3.05, 3.63) is 93.9 Å². The predicted molar refractivity (Wildman–Crippen MR) is 191 cm³/mol. The molecule has 4 heterocycles. The molecule has 4 aromatic rings. The first-order valence-corrected chi connectivity index (χ1v) is 17.3. The molecule has 286 valence electrons. The molecule has 1 atom stereocenters. The van der Waals surface area contributed by atoms with Crippen LogP contribution in [0.1, 0.15) is 47.8 Å². The van der Waals surface area contributed by atoms with Crippen molar-refractivity contribution in [2.24, 2.45) is 0 Å². The summed E-state index contributed by atoms with van der Waals surface area (Å²) in [5.41, 5.74) is -2.42. The van der Waals surface area contributed by atoms with E-state index in [2.05, 4.69) is 9.97 Å². The second-order valence-corrected chi connectivity index (χ2v) is 14.2. The van der Waals surface area contributed by atoms with Crippen LogP contribution in [0.25, 0.3) is 11.4 Å². The summed E-state index contributed by atoms with van der Waals surface area (Å²) < 4.78 is 81.8. The van der Waals surface area contributed by atoms with Crippen LogP contribution in [-0.4, -0.2) is 83.9 Å². The number of aromatic nitrogens is 2. The number of fused-ring (bicyclic) bond motifs is 2. The van der Waals surface area contributed by atoms with Crippen molar-refractivity contribution in [2.45, 2.75) is 51.7 Å². The lowest BCUT2D eigenvalue weighted by molar-refractivity contribution is -0.137. The van der Waals surface area contributed by atoms with Crippen molar-refractivity contribution < 1.29 is 46.1 Å². The lowest BCUT2D eigenvalue weighted by atomic mass is 10.1. The highest BCUT2D eigenvalue weighted by Crippen LogP contribution is 2.44. The molecule has 16 heteroatoms. The van der Waals surface area contributed by atoms with Gasteiger partial charge in [-0.2, -0.15) is 17.6 Å². The fourth-order valence-corrected chi connectivity index (χ4v) is 6.51. The van der Waals surface area contributed by atoms with E-state index in [9.17, 15) is 22.8 Å². The molecule has 11 nitrogen and oxygen atoms in total. The van der Waals surface area contributed by atoms with Crippen molar-refractivity contribution in [2.75, 3.05) is 45.4 Å². The van der Waals surface area contributed by atoms with Crippen molar-refractivity contribution in [1.29, 1.82) is 0 Å². The van der Waals surface area contributed by atoms with Gasteiger partial charge in [-0.1, -0.05) is 35.9 Å². The number of hydrogen-bond acceptors (Lipinski definition) is 9. The molecule has 6 rings (SSSR count). The Labute approximate surface area is 314 Å². The smallest absolute Gasteiger partial charge is 0.418 e. The number of pyridine rings is 2. The number of nitrogens with zero attached hydrogens (tertiary/aromatic N) is 5. The summed E-state index contributed by atoms with van der Waals surface area (Å²) in [4.78, 5) is 39.3. The molecule has 2 aromatic carbocycles. The number of carbonyl (C=O) groups excluding carboxylic acids is 2. The van der Waals surface area contributed by atoms with Crippen LogP contribution in [0.5, 0.6) is 17.2 Å². The van der Waals surface area contributed by atoms with Gasteiger partial charge in [-0.3, -0.25) is 4.79 Å². The molecular weight excluding hydrogens is 734 g/mol. The highest BCUT2D eigenvalue weighted by atomic mass is 35.5. The Bertz CT molecular complexity index is 1980. The lowest BCUT2D eigenvalue weighted by Gasteiger charge is -2.40. The average molecular weight is 772 g/mol. The third kappa shape index (κ3) is 8.25. The van der Waals surface area contributed by atoms with Crippen LogP contribution in [0.2, 0.25) is 5.02 Å². The van der Waals surface area contributed by atoms with Gasteiger partial charge in [0.05, 0.1) is 25.8 Å². The number of carbonyl (C=O) groups is 2. The zero-order valence-electron chi connectivity index (χ0n) is 30.2. The maximum absolute atomic E-state index is 16.0. The summed E-state index contributed by atoms with van der Waals surface area (Å²) in [6.07, 6.45) is -5.54. The van der Waals surface area contributed by atoms with Crippen LogP contribution in [0.15, 0.2) is 60.7 Å². The van der Waals surface area contributed by atoms with E-state index in [1.165, 1.54) is 30.1 Å². The summed E-state index contributed by atoms with van der Waals surface area (Å²) >= 11 is 6.74. The number of piperazine rings is 1. The Morgan fingerprint density at radius 3 is 2.04 bits per heavy atom. The number of halogens is 5. The Balaban J connectivity index is 1.39. The largest absolute Gasteiger partial charge is 0.497 e. The standard InChI is InChI=1S/C38H38ClF4N5O6/c1-37(2,3)54-36(50)46-16-17-48-24(20-46)21-53-33-29(35(48)49)34(40)45-32(30(33)39)31-27(38(41,42)43)14-15-28(44-31)47(18-22-6-10-25(51-4)11-7-22)19-23-8-12-26(52-5)13-9-23/h6-15,24H,16-21H2,1-5H3/t24-/m1/s1. The van der Waals surface area contributed by atoms with Crippen LogP contribution in [0, 0.1) is 5.95 Å². The topological polar surface area (TPSA) is 107 Å². The highest BCUT2D eigenvalue weighted by Gasteiger charge is 2.42. The summed E-state index contributed by atoms with van der Waals surface area (Å²) in [7, 11) is 3.07. The Kier molecular flexibility index (Phi) is 10.8. The Morgan fingerprint density at radius 2 is 1.50 bits per heavy atom. The number of benzene rings is 2. The van der Waals surface area contributed by atoms with Gasteiger partial charge >= 0.3 is 12.3 Å². The molecule has 0 radical (unpaired) electrons. The molecule has 0 aliphatic carbocycles. The number of alkyl halides is 3. The van der Waals surface area contributed by atoms with Gasteiger partial charge in [-0.05, 0) is 68.3 Å². The number of rotatable bonds is 8. The van der Waals surface area contributed by atoms with E-state index in [0.29, 0.717) is 11.5 Å². The zero-order valence-corrected chi connectivity index (χ0v) is 30.9. The maximum Gasteiger partial charge on any atom is 0.418 e. The molecule has 0 saturated carbocycles. The number of anilines is 1. The first kappa shape index (κ1) is 38.4. The average Bonchev–Trinajstić information content (AvgIpc) is 3.28. The van der Waals surface area contributed by atoms with Gasteiger partial charge in [0.15, 0.2) is 5.75 Å². The maximum atomic E-state index is 16.0. The van der Waals surface area contributed by atoms with Gasteiger partial charge in [0.1, 0.15) is 51.5 Å². The summed E-state index contributed by atoms with van der Waals surface area (Å²) in [5.74, 6) is -1.31. The minimum atomic E-state index is -4.95. The van der Waals surface area contributed by atoms with Gasteiger partial charge in [-0.15, -0.1) is 0 Å². The molecule has 1 saturated heterocycles. The van der Waals surface area contributed by atoms with Crippen molar-refractivity contribution in [3.8, 4) is 28.6 Å². The Hall–Kier alpha value is -5.31. The monoisotopic (exact) mass is 771 g/mol. The van der Waals surface area contributed by atoms with E-state index < -0.39 is 69.1 Å². The van der Waals surface area contributed by atoms with Gasteiger partial charge in [-0.25, -0.2) is 14.8 Å². The third-order valence-corrected chi connectivity index (χ3v) is 9.23. The summed E-state index contributed by atoms with van der Waals surface area (Å²) in [6.45, 7) is 5.48. The fourth-order valence-electron chi connectivity index (χ4n) is 6.23. The summed E-state index contributed by atoms with van der Waals surface area (Å²) in [5, 5.41) is -0.518. The molecular formula is C38H38ClF4N5O6. The van der Waals surface area contributed by atoms with Crippen molar-refractivity contribution >= 4 is 29.4 Å². The number of hydrogen-bond donors (Lipinski definition) is 0. The molecule has 1 fully saturated rings. The minimum absolute atomic E-state index is 0.00815. The van der Waals surface area contributed by atoms with E-state index in [1.54, 1.807) is 49.9 Å². The molecule has 2 aliphatic rings. The molecule has 2 amide bonds. The fraction of sp³-hybridized carbons (Fsp3) is 0.368. The minimum Gasteiger partial charge on any atom is -0.497 e.